The molecule has 0 heterocycles. The quantitative estimate of drug-likeness (QED) is 0.903. The van der Waals surface area contributed by atoms with Crippen molar-refractivity contribution in [1.29, 1.82) is 0 Å². The Bertz CT molecular complexity index is 401. The summed E-state index contributed by atoms with van der Waals surface area (Å²) in [5, 5.41) is 10.2. The lowest BCUT2D eigenvalue weighted by Gasteiger charge is -2.47. The van der Waals surface area contributed by atoms with Gasteiger partial charge in [-0.15, -0.1) is 0 Å². The lowest BCUT2D eigenvalue weighted by Crippen LogP contribution is -2.48. The van der Waals surface area contributed by atoms with Gasteiger partial charge in [-0.2, -0.15) is 0 Å². The predicted molar refractivity (Wildman–Crippen MR) is 78.6 cm³/mol. The fraction of sp³-hybridized carbons (Fsp3) is 0.600. The molecule has 0 aromatic heterocycles. The summed E-state index contributed by atoms with van der Waals surface area (Å²) >= 11 is 3.49. The molecular weight excluding hydrogens is 290 g/mol. The van der Waals surface area contributed by atoms with Crippen molar-refractivity contribution in [3.8, 4) is 0 Å². The SMILES string of the molecule is CN(C)C1(c2ccc(Br)cc2)CCC(C)(O)CC1. The lowest BCUT2D eigenvalue weighted by molar-refractivity contribution is -0.0335. The van der Waals surface area contributed by atoms with Gasteiger partial charge in [-0.1, -0.05) is 28.1 Å². The van der Waals surface area contributed by atoms with Crippen LogP contribution >= 0.6 is 15.9 Å². The molecule has 2 rings (SSSR count). The van der Waals surface area contributed by atoms with E-state index < -0.39 is 5.60 Å². The zero-order chi connectivity index (χ0) is 13.4. The Labute approximate surface area is 118 Å². The van der Waals surface area contributed by atoms with Crippen LogP contribution in [0.3, 0.4) is 0 Å². The molecule has 1 aliphatic rings. The molecular formula is C15H22BrNO. The van der Waals surface area contributed by atoms with Crippen LogP contribution in [-0.2, 0) is 5.54 Å². The Balaban J connectivity index is 2.31. The van der Waals surface area contributed by atoms with Gasteiger partial charge in [0.15, 0.2) is 0 Å². The van der Waals surface area contributed by atoms with E-state index in [-0.39, 0.29) is 5.54 Å². The summed E-state index contributed by atoms with van der Waals surface area (Å²) < 4.78 is 1.11. The Morgan fingerprint density at radius 2 is 1.56 bits per heavy atom. The molecule has 1 saturated carbocycles. The van der Waals surface area contributed by atoms with Crippen molar-refractivity contribution in [2.45, 2.75) is 43.7 Å². The summed E-state index contributed by atoms with van der Waals surface area (Å²) in [7, 11) is 4.28. The fourth-order valence-electron chi connectivity index (χ4n) is 2.96. The molecule has 0 radical (unpaired) electrons. The molecule has 1 aromatic carbocycles. The molecule has 1 aliphatic carbocycles. The summed E-state index contributed by atoms with van der Waals surface area (Å²) in [6, 6.07) is 8.61. The van der Waals surface area contributed by atoms with Crippen molar-refractivity contribution in [2.75, 3.05) is 14.1 Å². The molecule has 1 fully saturated rings. The minimum absolute atomic E-state index is 0.0724. The average Bonchev–Trinajstić information content (AvgIpc) is 2.30. The zero-order valence-corrected chi connectivity index (χ0v) is 13.0. The van der Waals surface area contributed by atoms with Crippen LogP contribution in [-0.4, -0.2) is 29.7 Å². The average molecular weight is 312 g/mol. The summed E-state index contributed by atoms with van der Waals surface area (Å²) in [5.74, 6) is 0. The van der Waals surface area contributed by atoms with Crippen LogP contribution in [0.4, 0.5) is 0 Å². The Morgan fingerprint density at radius 3 is 2.00 bits per heavy atom. The van der Waals surface area contributed by atoms with Gasteiger partial charge >= 0.3 is 0 Å². The van der Waals surface area contributed by atoms with Gasteiger partial charge in [-0.25, -0.2) is 0 Å². The number of hydrogen-bond acceptors (Lipinski definition) is 2. The van der Waals surface area contributed by atoms with Gasteiger partial charge in [0.25, 0.3) is 0 Å². The van der Waals surface area contributed by atoms with Crippen molar-refractivity contribution in [3.05, 3.63) is 34.3 Å². The van der Waals surface area contributed by atoms with E-state index in [4.69, 9.17) is 0 Å². The normalized spacial score (nSPS) is 32.8. The number of benzene rings is 1. The second-order valence-electron chi connectivity index (χ2n) is 5.93. The highest BCUT2D eigenvalue weighted by atomic mass is 79.9. The minimum Gasteiger partial charge on any atom is -0.390 e. The maximum absolute atomic E-state index is 10.2. The van der Waals surface area contributed by atoms with Gasteiger partial charge in [0.1, 0.15) is 0 Å². The maximum Gasteiger partial charge on any atom is 0.0621 e. The summed E-state index contributed by atoms with van der Waals surface area (Å²) in [6.07, 6.45) is 3.74. The van der Waals surface area contributed by atoms with Crippen LogP contribution in [0.15, 0.2) is 28.7 Å². The van der Waals surface area contributed by atoms with E-state index >= 15 is 0 Å². The lowest BCUT2D eigenvalue weighted by atomic mass is 9.70. The number of hydrogen-bond donors (Lipinski definition) is 1. The molecule has 0 atom stereocenters. The van der Waals surface area contributed by atoms with E-state index in [9.17, 15) is 5.11 Å². The Morgan fingerprint density at radius 1 is 1.06 bits per heavy atom. The molecule has 100 valence electrons. The fourth-order valence-corrected chi connectivity index (χ4v) is 3.22. The second kappa shape index (κ2) is 4.95. The molecule has 0 bridgehead atoms. The van der Waals surface area contributed by atoms with Gasteiger partial charge in [-0.3, -0.25) is 4.90 Å². The van der Waals surface area contributed by atoms with Crippen LogP contribution in [0.5, 0.6) is 0 Å². The van der Waals surface area contributed by atoms with Crippen LogP contribution in [0.25, 0.3) is 0 Å². The highest BCUT2D eigenvalue weighted by molar-refractivity contribution is 9.10. The molecule has 2 nitrogen and oxygen atoms in total. The molecule has 3 heteroatoms. The second-order valence-corrected chi connectivity index (χ2v) is 6.85. The molecule has 0 aliphatic heterocycles. The Hall–Kier alpha value is -0.380. The van der Waals surface area contributed by atoms with Gasteiger partial charge in [0, 0.05) is 10.0 Å². The van der Waals surface area contributed by atoms with Crippen molar-refractivity contribution < 1.29 is 5.11 Å². The van der Waals surface area contributed by atoms with E-state index in [2.05, 4.69) is 59.2 Å². The smallest absolute Gasteiger partial charge is 0.0621 e. The third-order valence-corrected chi connectivity index (χ3v) is 4.92. The predicted octanol–water partition coefficient (Wildman–Crippen LogP) is 3.53. The highest BCUT2D eigenvalue weighted by Crippen LogP contribution is 2.44. The van der Waals surface area contributed by atoms with Gasteiger partial charge < -0.3 is 5.11 Å². The number of rotatable bonds is 2. The van der Waals surface area contributed by atoms with Crippen molar-refractivity contribution in [2.24, 2.45) is 0 Å². The monoisotopic (exact) mass is 311 g/mol. The third-order valence-electron chi connectivity index (χ3n) is 4.39. The Kier molecular flexibility index (Phi) is 3.86. The summed E-state index contributed by atoms with van der Waals surface area (Å²) in [5.41, 5.74) is 0.934. The molecule has 0 saturated heterocycles. The molecule has 0 spiro atoms. The molecule has 1 N–H and O–H groups in total. The molecule has 1 aromatic rings. The van der Waals surface area contributed by atoms with Crippen LogP contribution in [0.1, 0.15) is 38.2 Å². The highest BCUT2D eigenvalue weighted by Gasteiger charge is 2.42. The third kappa shape index (κ3) is 2.63. The van der Waals surface area contributed by atoms with Crippen LogP contribution in [0, 0.1) is 0 Å². The first-order chi connectivity index (χ1) is 8.36. The van der Waals surface area contributed by atoms with Crippen LogP contribution in [0.2, 0.25) is 0 Å². The number of aliphatic hydroxyl groups is 1. The summed E-state index contributed by atoms with van der Waals surface area (Å²) in [6.45, 7) is 1.95. The first-order valence-electron chi connectivity index (χ1n) is 6.52. The van der Waals surface area contributed by atoms with Gasteiger partial charge in [-0.05, 0) is 64.4 Å². The first kappa shape index (κ1) is 14.0. The molecule has 0 amide bonds. The molecule has 18 heavy (non-hydrogen) atoms. The van der Waals surface area contributed by atoms with E-state index in [0.717, 1.165) is 30.2 Å². The summed E-state index contributed by atoms with van der Waals surface area (Å²) in [4.78, 5) is 2.31. The topological polar surface area (TPSA) is 23.5 Å². The van der Waals surface area contributed by atoms with Gasteiger partial charge in [0.2, 0.25) is 0 Å². The van der Waals surface area contributed by atoms with Crippen molar-refractivity contribution in [1.82, 2.24) is 4.90 Å². The number of nitrogens with zero attached hydrogens (tertiary/aromatic N) is 1. The molecule has 0 unspecified atom stereocenters. The maximum atomic E-state index is 10.2. The first-order valence-corrected chi connectivity index (χ1v) is 7.31. The van der Waals surface area contributed by atoms with Crippen LogP contribution < -0.4 is 0 Å². The zero-order valence-electron chi connectivity index (χ0n) is 11.4. The number of halogens is 1. The standard InChI is InChI=1S/C15H22BrNO/c1-14(18)8-10-15(11-9-14,17(2)3)12-4-6-13(16)7-5-12/h4-7,18H,8-11H2,1-3H3. The van der Waals surface area contributed by atoms with Crippen molar-refractivity contribution >= 4 is 15.9 Å². The van der Waals surface area contributed by atoms with Crippen molar-refractivity contribution in [3.63, 3.8) is 0 Å². The minimum atomic E-state index is -0.491. The van der Waals surface area contributed by atoms with E-state index in [1.165, 1.54) is 5.56 Å². The largest absolute Gasteiger partial charge is 0.390 e. The van der Waals surface area contributed by atoms with E-state index in [1.807, 2.05) is 6.92 Å². The van der Waals surface area contributed by atoms with E-state index in [0.29, 0.717) is 0 Å². The van der Waals surface area contributed by atoms with Gasteiger partial charge in [0.05, 0.1) is 5.60 Å². The van der Waals surface area contributed by atoms with E-state index in [1.54, 1.807) is 0 Å².